The van der Waals surface area contributed by atoms with E-state index in [0.717, 1.165) is 5.56 Å². The molecular formula is C13H11N3O3. The molecule has 3 rings (SSSR count). The van der Waals surface area contributed by atoms with Gasteiger partial charge in [0.2, 0.25) is 0 Å². The third-order valence-corrected chi connectivity index (χ3v) is 2.74. The first-order chi connectivity index (χ1) is 9.36. The number of ether oxygens (including phenoxy) is 2. The van der Waals surface area contributed by atoms with E-state index in [0.29, 0.717) is 29.6 Å². The number of rotatable bonds is 3. The van der Waals surface area contributed by atoms with Gasteiger partial charge in [-0.15, -0.1) is 0 Å². The van der Waals surface area contributed by atoms with Crippen LogP contribution in [0.2, 0.25) is 0 Å². The van der Waals surface area contributed by atoms with E-state index in [4.69, 9.17) is 14.7 Å². The van der Waals surface area contributed by atoms with Crippen LogP contribution in [0.25, 0.3) is 0 Å². The van der Waals surface area contributed by atoms with Crippen LogP contribution in [0.1, 0.15) is 11.4 Å². The number of oxime groups is 1. The van der Waals surface area contributed by atoms with Crippen molar-refractivity contribution < 1.29 is 14.7 Å². The number of fused-ring (bicyclic) bond motifs is 1. The maximum absolute atomic E-state index is 8.79. The van der Waals surface area contributed by atoms with E-state index < -0.39 is 0 Å². The maximum Gasteiger partial charge on any atom is 0.166 e. The molecule has 0 aliphatic carbocycles. The van der Waals surface area contributed by atoms with Crippen molar-refractivity contribution in [1.82, 2.24) is 9.97 Å². The fourth-order valence-corrected chi connectivity index (χ4v) is 1.81. The van der Waals surface area contributed by atoms with Crippen molar-refractivity contribution in [2.75, 3.05) is 6.61 Å². The fraction of sp³-hybridized carbons (Fsp3) is 0.154. The second-order valence-electron chi connectivity index (χ2n) is 3.95. The molecule has 1 aliphatic heterocycles. The van der Waals surface area contributed by atoms with Crippen molar-refractivity contribution in [3.05, 3.63) is 48.0 Å². The van der Waals surface area contributed by atoms with Crippen molar-refractivity contribution >= 4 is 5.71 Å². The minimum atomic E-state index is 0.275. The molecule has 6 nitrogen and oxygen atoms in total. The van der Waals surface area contributed by atoms with E-state index in [1.807, 2.05) is 0 Å². The van der Waals surface area contributed by atoms with Gasteiger partial charge in [0, 0.05) is 24.0 Å². The van der Waals surface area contributed by atoms with Gasteiger partial charge in [-0.05, 0) is 18.2 Å². The zero-order chi connectivity index (χ0) is 13.1. The molecule has 1 aliphatic rings. The number of nitrogens with zero attached hydrogens (tertiary/aromatic N) is 3. The molecule has 0 radical (unpaired) electrons. The summed E-state index contributed by atoms with van der Waals surface area (Å²) < 4.78 is 11.0. The molecule has 1 aromatic heterocycles. The molecule has 2 heterocycles. The summed E-state index contributed by atoms with van der Waals surface area (Å²) in [4.78, 5) is 8.14. The monoisotopic (exact) mass is 257 g/mol. The lowest BCUT2D eigenvalue weighted by Gasteiger charge is -2.06. The average molecular weight is 257 g/mol. The van der Waals surface area contributed by atoms with E-state index in [-0.39, 0.29) is 6.61 Å². The van der Waals surface area contributed by atoms with Crippen LogP contribution in [-0.2, 0) is 6.61 Å². The Bertz CT molecular complexity index is 614. The second kappa shape index (κ2) is 4.93. The van der Waals surface area contributed by atoms with Gasteiger partial charge in [0.25, 0.3) is 0 Å². The molecule has 6 heteroatoms. The van der Waals surface area contributed by atoms with Gasteiger partial charge in [-0.3, -0.25) is 0 Å². The van der Waals surface area contributed by atoms with Crippen LogP contribution in [0.4, 0.5) is 0 Å². The minimum Gasteiger partial charge on any atom is -0.486 e. The van der Waals surface area contributed by atoms with Gasteiger partial charge in [-0.25, -0.2) is 9.97 Å². The summed E-state index contributed by atoms with van der Waals surface area (Å²) in [6.07, 6.45) is 3.34. The van der Waals surface area contributed by atoms with Crippen molar-refractivity contribution in [3.63, 3.8) is 0 Å². The van der Waals surface area contributed by atoms with Crippen LogP contribution in [0.3, 0.4) is 0 Å². The summed E-state index contributed by atoms with van der Waals surface area (Å²) in [5.41, 5.74) is 1.30. The van der Waals surface area contributed by atoms with Crippen molar-refractivity contribution in [2.24, 2.45) is 5.16 Å². The van der Waals surface area contributed by atoms with Crippen LogP contribution in [0.5, 0.6) is 11.5 Å². The minimum absolute atomic E-state index is 0.275. The van der Waals surface area contributed by atoms with Gasteiger partial charge in [0.1, 0.15) is 30.4 Å². The lowest BCUT2D eigenvalue weighted by Crippen LogP contribution is -2.01. The van der Waals surface area contributed by atoms with Crippen LogP contribution < -0.4 is 9.47 Å². The third kappa shape index (κ3) is 2.33. The van der Waals surface area contributed by atoms with Gasteiger partial charge in [0.15, 0.2) is 5.82 Å². The van der Waals surface area contributed by atoms with Crippen molar-refractivity contribution in [1.29, 1.82) is 0 Å². The zero-order valence-electron chi connectivity index (χ0n) is 9.98. The highest BCUT2D eigenvalue weighted by Crippen LogP contribution is 2.30. The van der Waals surface area contributed by atoms with Crippen molar-refractivity contribution in [3.8, 4) is 11.5 Å². The van der Waals surface area contributed by atoms with E-state index in [1.165, 1.54) is 0 Å². The molecule has 1 N–H and O–H groups in total. The van der Waals surface area contributed by atoms with Gasteiger partial charge in [0.05, 0.1) is 0 Å². The van der Waals surface area contributed by atoms with Gasteiger partial charge in [-0.2, -0.15) is 0 Å². The molecule has 0 unspecified atom stereocenters. The Morgan fingerprint density at radius 1 is 1.32 bits per heavy atom. The highest BCUT2D eigenvalue weighted by atomic mass is 16.5. The Labute approximate surface area is 109 Å². The SMILES string of the molecule is ON=C1COc2cc(OCc3ncccn3)ccc21. The van der Waals surface area contributed by atoms with Gasteiger partial charge in [-0.1, -0.05) is 5.16 Å². The Morgan fingerprint density at radius 3 is 2.95 bits per heavy atom. The first kappa shape index (κ1) is 11.5. The number of hydrogen-bond acceptors (Lipinski definition) is 6. The summed E-state index contributed by atoms with van der Waals surface area (Å²) in [7, 11) is 0. The lowest BCUT2D eigenvalue weighted by atomic mass is 10.1. The number of benzene rings is 1. The van der Waals surface area contributed by atoms with E-state index in [1.54, 1.807) is 36.7 Å². The Hall–Kier alpha value is -2.63. The zero-order valence-corrected chi connectivity index (χ0v) is 9.98. The van der Waals surface area contributed by atoms with Crippen LogP contribution in [-0.4, -0.2) is 27.5 Å². The largest absolute Gasteiger partial charge is 0.486 e. The predicted octanol–water partition coefficient (Wildman–Crippen LogP) is 1.63. The molecule has 19 heavy (non-hydrogen) atoms. The Morgan fingerprint density at radius 2 is 2.16 bits per heavy atom. The molecule has 0 saturated carbocycles. The number of hydrogen-bond donors (Lipinski definition) is 1. The molecule has 2 aromatic rings. The molecule has 0 bridgehead atoms. The lowest BCUT2D eigenvalue weighted by molar-refractivity contribution is 0.293. The summed E-state index contributed by atoms with van der Waals surface area (Å²) in [6.45, 7) is 0.567. The quantitative estimate of drug-likeness (QED) is 0.668. The highest BCUT2D eigenvalue weighted by Gasteiger charge is 2.20. The molecule has 0 atom stereocenters. The van der Waals surface area contributed by atoms with E-state index in [2.05, 4.69) is 15.1 Å². The summed E-state index contributed by atoms with van der Waals surface area (Å²) in [5.74, 6) is 1.92. The Balaban J connectivity index is 1.74. The fourth-order valence-electron chi connectivity index (χ4n) is 1.81. The van der Waals surface area contributed by atoms with Gasteiger partial charge >= 0.3 is 0 Å². The maximum atomic E-state index is 8.79. The van der Waals surface area contributed by atoms with E-state index in [9.17, 15) is 0 Å². The topological polar surface area (TPSA) is 76.8 Å². The first-order valence-corrected chi connectivity index (χ1v) is 5.73. The molecule has 1 aromatic carbocycles. The van der Waals surface area contributed by atoms with Gasteiger partial charge < -0.3 is 14.7 Å². The average Bonchev–Trinajstić information content (AvgIpc) is 2.88. The second-order valence-corrected chi connectivity index (χ2v) is 3.95. The van der Waals surface area contributed by atoms with Crippen LogP contribution in [0.15, 0.2) is 41.8 Å². The smallest absolute Gasteiger partial charge is 0.166 e. The third-order valence-electron chi connectivity index (χ3n) is 2.74. The first-order valence-electron chi connectivity index (χ1n) is 5.73. The summed E-state index contributed by atoms with van der Waals surface area (Å²) >= 11 is 0. The summed E-state index contributed by atoms with van der Waals surface area (Å²) in [6, 6.07) is 7.11. The summed E-state index contributed by atoms with van der Waals surface area (Å²) in [5, 5.41) is 12.0. The molecule has 96 valence electrons. The Kier molecular flexibility index (Phi) is 2.97. The predicted molar refractivity (Wildman–Crippen MR) is 66.6 cm³/mol. The van der Waals surface area contributed by atoms with Crippen molar-refractivity contribution in [2.45, 2.75) is 6.61 Å². The molecule has 0 amide bonds. The molecule has 0 fully saturated rings. The highest BCUT2D eigenvalue weighted by molar-refractivity contribution is 6.05. The standard InChI is InChI=1S/C13H11N3O3/c17-16-11-7-19-12-6-9(2-3-10(11)12)18-8-13-14-4-1-5-15-13/h1-6,17H,7-8H2. The van der Waals surface area contributed by atoms with Crippen LogP contribution >= 0.6 is 0 Å². The number of aromatic nitrogens is 2. The molecule has 0 saturated heterocycles. The normalized spacial score (nSPS) is 15.1. The molecule has 0 spiro atoms. The van der Waals surface area contributed by atoms with Crippen LogP contribution in [0, 0.1) is 0 Å². The molecular weight excluding hydrogens is 246 g/mol. The van der Waals surface area contributed by atoms with E-state index >= 15 is 0 Å².